The molecule has 3 rings (SSSR count). The highest BCUT2D eigenvalue weighted by Gasteiger charge is 2.37. The van der Waals surface area contributed by atoms with Gasteiger partial charge in [-0.2, -0.15) is 0 Å². The lowest BCUT2D eigenvalue weighted by atomic mass is 9.79. The standard InChI is InChI=1S/C21H25FN2O3S2/c1-5-6-24-16-9-15(22)13(7-14(16)12(2)10-21(24,3)4)8-17-19(27)23(11-18(25)26)20(28)29-17/h7-9,12H,5-6,10-11H2,1-4H3,(H,25,26)/b17-8-. The number of carbonyl (C=O) groups excluding carboxylic acids is 1. The number of carboxylic acid groups (broad SMARTS) is 1. The van der Waals surface area contributed by atoms with E-state index in [1.54, 1.807) is 6.07 Å². The van der Waals surface area contributed by atoms with E-state index >= 15 is 4.39 Å². The molecule has 0 saturated carbocycles. The average Bonchev–Trinajstić information content (AvgIpc) is 2.86. The molecule has 1 amide bonds. The molecule has 8 heteroatoms. The number of halogens is 1. The zero-order valence-electron chi connectivity index (χ0n) is 17.0. The Hall–Kier alpha value is -1.93. The van der Waals surface area contributed by atoms with Crippen LogP contribution in [0.4, 0.5) is 10.1 Å². The normalized spacial score (nSPS) is 22.4. The van der Waals surface area contributed by atoms with Crippen molar-refractivity contribution in [1.29, 1.82) is 0 Å². The van der Waals surface area contributed by atoms with Crippen molar-refractivity contribution in [3.63, 3.8) is 0 Å². The van der Waals surface area contributed by atoms with E-state index < -0.39 is 24.2 Å². The van der Waals surface area contributed by atoms with Crippen LogP contribution in [0.5, 0.6) is 0 Å². The maximum Gasteiger partial charge on any atom is 0.323 e. The maximum atomic E-state index is 15.0. The molecule has 0 bridgehead atoms. The van der Waals surface area contributed by atoms with Gasteiger partial charge in [0.05, 0.1) is 4.91 Å². The number of hydrogen-bond acceptors (Lipinski definition) is 5. The minimum atomic E-state index is -1.14. The third-order valence-corrected chi connectivity index (χ3v) is 6.78. The third-order valence-electron chi connectivity index (χ3n) is 5.40. The first-order valence-electron chi connectivity index (χ1n) is 9.63. The van der Waals surface area contributed by atoms with Crippen molar-refractivity contribution in [2.24, 2.45) is 0 Å². The number of amides is 1. The third kappa shape index (κ3) is 4.19. The number of thiocarbonyl (C=S) groups is 1. The Morgan fingerprint density at radius 3 is 2.76 bits per heavy atom. The van der Waals surface area contributed by atoms with E-state index in [0.717, 1.165) is 47.3 Å². The van der Waals surface area contributed by atoms with Crippen LogP contribution < -0.4 is 4.90 Å². The zero-order chi connectivity index (χ0) is 21.5. The monoisotopic (exact) mass is 436 g/mol. The van der Waals surface area contributed by atoms with Crippen LogP contribution >= 0.6 is 24.0 Å². The lowest BCUT2D eigenvalue weighted by molar-refractivity contribution is -0.140. The van der Waals surface area contributed by atoms with Gasteiger partial charge in [0.15, 0.2) is 0 Å². The lowest BCUT2D eigenvalue weighted by Crippen LogP contribution is -2.48. The van der Waals surface area contributed by atoms with E-state index in [4.69, 9.17) is 17.3 Å². The first-order valence-corrected chi connectivity index (χ1v) is 10.9. The first-order chi connectivity index (χ1) is 13.5. The fourth-order valence-electron chi connectivity index (χ4n) is 4.19. The molecular weight excluding hydrogens is 411 g/mol. The number of fused-ring (bicyclic) bond motifs is 1. The van der Waals surface area contributed by atoms with Gasteiger partial charge in [-0.15, -0.1) is 0 Å². The molecule has 0 aromatic heterocycles. The lowest BCUT2D eigenvalue weighted by Gasteiger charge is -2.47. The molecule has 1 unspecified atom stereocenters. The molecule has 0 spiro atoms. The highest BCUT2D eigenvalue weighted by molar-refractivity contribution is 8.26. The number of aliphatic carboxylic acids is 1. The minimum Gasteiger partial charge on any atom is -0.480 e. The van der Waals surface area contributed by atoms with Crippen LogP contribution in [0.2, 0.25) is 0 Å². The fraction of sp³-hybridized carbons (Fsp3) is 0.476. The number of thioether (sulfide) groups is 1. The number of carbonyl (C=O) groups is 2. The molecule has 0 aliphatic carbocycles. The van der Waals surface area contributed by atoms with Gasteiger partial charge in [0, 0.05) is 23.3 Å². The first kappa shape index (κ1) is 21.8. The van der Waals surface area contributed by atoms with Gasteiger partial charge in [0.25, 0.3) is 5.91 Å². The summed E-state index contributed by atoms with van der Waals surface area (Å²) in [7, 11) is 0. The maximum absolute atomic E-state index is 15.0. The van der Waals surface area contributed by atoms with Crippen LogP contribution in [0.3, 0.4) is 0 Å². The van der Waals surface area contributed by atoms with Gasteiger partial charge in [-0.3, -0.25) is 14.5 Å². The summed E-state index contributed by atoms with van der Waals surface area (Å²) in [6, 6.07) is 3.38. The second-order valence-electron chi connectivity index (χ2n) is 8.16. The second kappa shape index (κ2) is 8.07. The largest absolute Gasteiger partial charge is 0.480 e. The fourth-order valence-corrected chi connectivity index (χ4v) is 5.44. The molecule has 2 heterocycles. The summed E-state index contributed by atoms with van der Waals surface area (Å²) in [5.41, 5.74) is 2.23. The number of carboxylic acids is 1. The van der Waals surface area contributed by atoms with Crippen molar-refractivity contribution < 1.29 is 19.1 Å². The highest BCUT2D eigenvalue weighted by Crippen LogP contribution is 2.45. The number of nitrogens with zero attached hydrogens (tertiary/aromatic N) is 2. The summed E-state index contributed by atoms with van der Waals surface area (Å²) in [5.74, 6) is -1.79. The van der Waals surface area contributed by atoms with Gasteiger partial charge in [-0.05, 0) is 56.4 Å². The molecule has 2 aliphatic heterocycles. The second-order valence-corrected chi connectivity index (χ2v) is 9.84. The predicted octanol–water partition coefficient (Wildman–Crippen LogP) is 4.61. The van der Waals surface area contributed by atoms with Crippen molar-refractivity contribution in [1.82, 2.24) is 4.90 Å². The molecule has 29 heavy (non-hydrogen) atoms. The van der Waals surface area contributed by atoms with Gasteiger partial charge in [0.2, 0.25) is 0 Å². The zero-order valence-corrected chi connectivity index (χ0v) is 18.6. The highest BCUT2D eigenvalue weighted by atomic mass is 32.2. The Labute approximate surface area is 179 Å². The molecule has 1 N–H and O–H groups in total. The quantitative estimate of drug-likeness (QED) is 0.537. The molecule has 1 fully saturated rings. The summed E-state index contributed by atoms with van der Waals surface area (Å²) < 4.78 is 15.2. The van der Waals surface area contributed by atoms with E-state index in [0.29, 0.717) is 5.56 Å². The van der Waals surface area contributed by atoms with Crippen molar-refractivity contribution in [2.75, 3.05) is 18.0 Å². The van der Waals surface area contributed by atoms with Gasteiger partial charge in [-0.1, -0.05) is 37.8 Å². The molecule has 5 nitrogen and oxygen atoms in total. The molecule has 1 aromatic carbocycles. The van der Waals surface area contributed by atoms with Gasteiger partial charge >= 0.3 is 5.97 Å². The van der Waals surface area contributed by atoms with Crippen molar-refractivity contribution in [3.8, 4) is 0 Å². The Morgan fingerprint density at radius 2 is 2.14 bits per heavy atom. The van der Waals surface area contributed by atoms with Gasteiger partial charge in [0.1, 0.15) is 16.7 Å². The Kier molecular flexibility index (Phi) is 6.06. The topological polar surface area (TPSA) is 60.9 Å². The minimum absolute atomic E-state index is 0.0599. The molecule has 0 radical (unpaired) electrons. The van der Waals surface area contributed by atoms with E-state index in [9.17, 15) is 9.59 Å². The molecule has 1 saturated heterocycles. The van der Waals surface area contributed by atoms with Gasteiger partial charge in [-0.25, -0.2) is 4.39 Å². The summed E-state index contributed by atoms with van der Waals surface area (Å²) in [6.45, 7) is 8.96. The average molecular weight is 437 g/mol. The van der Waals surface area contributed by atoms with E-state index in [-0.39, 0.29) is 20.7 Å². The molecule has 1 aromatic rings. The van der Waals surface area contributed by atoms with Crippen molar-refractivity contribution in [3.05, 3.63) is 34.0 Å². The Balaban J connectivity index is 2.00. The number of rotatable bonds is 5. The van der Waals surface area contributed by atoms with Crippen LogP contribution in [0.25, 0.3) is 6.08 Å². The van der Waals surface area contributed by atoms with Crippen LogP contribution in [-0.4, -0.2) is 44.8 Å². The Bertz CT molecular complexity index is 913. The molecule has 1 atom stereocenters. The summed E-state index contributed by atoms with van der Waals surface area (Å²) in [6.07, 6.45) is 3.39. The van der Waals surface area contributed by atoms with Gasteiger partial charge < -0.3 is 10.0 Å². The molecule has 2 aliphatic rings. The summed E-state index contributed by atoms with van der Waals surface area (Å²) in [4.78, 5) is 27.0. The number of benzene rings is 1. The SMILES string of the molecule is CCCN1c2cc(F)c(/C=C3\SC(=S)N(CC(=O)O)C3=O)cc2C(C)CC1(C)C. The number of hydrogen-bond donors (Lipinski definition) is 1. The molecule has 156 valence electrons. The van der Waals surface area contributed by atoms with Crippen LogP contribution in [0.15, 0.2) is 17.0 Å². The molecular formula is C21H25FN2O3S2. The van der Waals surface area contributed by atoms with Crippen molar-refractivity contribution >= 4 is 51.9 Å². The van der Waals surface area contributed by atoms with Crippen LogP contribution in [-0.2, 0) is 9.59 Å². The van der Waals surface area contributed by atoms with Crippen molar-refractivity contribution in [2.45, 2.75) is 52.0 Å². The summed E-state index contributed by atoms with van der Waals surface area (Å²) >= 11 is 6.11. The number of anilines is 1. The van der Waals surface area contributed by atoms with E-state index in [1.807, 2.05) is 6.07 Å². The summed E-state index contributed by atoms with van der Waals surface area (Å²) in [5, 5.41) is 8.96. The van der Waals surface area contributed by atoms with Crippen LogP contribution in [0, 0.1) is 5.82 Å². The van der Waals surface area contributed by atoms with E-state index in [1.165, 1.54) is 6.08 Å². The van der Waals surface area contributed by atoms with Crippen LogP contribution in [0.1, 0.15) is 57.6 Å². The smallest absolute Gasteiger partial charge is 0.323 e. The predicted molar refractivity (Wildman–Crippen MR) is 119 cm³/mol. The Morgan fingerprint density at radius 1 is 1.45 bits per heavy atom. The van der Waals surface area contributed by atoms with E-state index in [2.05, 4.69) is 32.6 Å².